The zero-order valence-electron chi connectivity index (χ0n) is 6.26. The second-order valence-electron chi connectivity index (χ2n) is 2.02. The molecular weight excluding hydrogens is 275 g/mol. The molecule has 0 heterocycles. The Balaban J connectivity index is 4.81. The van der Waals surface area contributed by atoms with Crippen LogP contribution in [-0.4, -0.2) is 21.6 Å². The molecule has 0 N–H and O–H groups in total. The lowest BCUT2D eigenvalue weighted by molar-refractivity contribution is -0.164. The minimum Gasteiger partial charge on any atom is -0.344 e. The molecule has 0 aromatic heterocycles. The molecule has 0 fully saturated rings. The molecule has 8 heteroatoms. The van der Waals surface area contributed by atoms with Crippen LogP contribution in [0.2, 0.25) is 0 Å². The van der Waals surface area contributed by atoms with Gasteiger partial charge in [-0.3, -0.25) is 0 Å². The predicted octanol–water partition coefficient (Wildman–Crippen LogP) is 3.89. The highest BCUT2D eigenvalue weighted by Crippen LogP contribution is 2.53. The number of halogens is 7. The van der Waals surface area contributed by atoms with Gasteiger partial charge in [-0.05, 0) is 6.92 Å². The summed E-state index contributed by atoms with van der Waals surface area (Å²) in [5.41, 5.74) is 0. The second kappa shape index (κ2) is 4.19. The highest BCUT2D eigenvalue weighted by Gasteiger charge is 2.66. The van der Waals surface area contributed by atoms with E-state index in [4.69, 9.17) is 46.4 Å². The summed E-state index contributed by atoms with van der Waals surface area (Å²) in [4.78, 5) is 0. The van der Waals surface area contributed by atoms with Gasteiger partial charge in [-0.1, -0.05) is 46.4 Å². The second-order valence-corrected chi connectivity index (χ2v) is 4.61. The lowest BCUT2D eigenvalue weighted by atomic mass is 10.4. The number of hydrogen-bond donors (Lipinski definition) is 0. The monoisotopic (exact) mass is 278 g/mol. The third kappa shape index (κ3) is 2.93. The smallest absolute Gasteiger partial charge is 0.344 e. The van der Waals surface area contributed by atoms with Crippen LogP contribution in [0, 0.1) is 0 Å². The number of hydrogen-bond acceptors (Lipinski definition) is 1. The summed E-state index contributed by atoms with van der Waals surface area (Å²) in [5.74, 6) is 0. The van der Waals surface area contributed by atoms with Crippen LogP contribution in [0.3, 0.4) is 0 Å². The Morgan fingerprint density at radius 2 is 1.46 bits per heavy atom. The fourth-order valence-electron chi connectivity index (χ4n) is 0.437. The highest BCUT2D eigenvalue weighted by atomic mass is 35.5. The van der Waals surface area contributed by atoms with Crippen molar-refractivity contribution in [3.8, 4) is 0 Å². The zero-order chi connectivity index (χ0) is 10.9. The summed E-state index contributed by atoms with van der Waals surface area (Å²) in [6.07, 6.45) is -4.98. The van der Waals surface area contributed by atoms with E-state index in [1.54, 1.807) is 0 Å². The summed E-state index contributed by atoms with van der Waals surface area (Å²) < 4.78 is 34.7. The van der Waals surface area contributed by atoms with E-state index < -0.39 is 15.0 Å². The molecule has 0 saturated heterocycles. The van der Waals surface area contributed by atoms with Crippen LogP contribution in [0.15, 0.2) is 0 Å². The molecule has 0 radical (unpaired) electrons. The first kappa shape index (κ1) is 13.9. The van der Waals surface area contributed by atoms with Gasteiger partial charge in [0.1, 0.15) is 0 Å². The van der Waals surface area contributed by atoms with Crippen molar-refractivity contribution in [2.24, 2.45) is 0 Å². The number of alkyl halides is 7. The number of rotatable bonds is 3. The van der Waals surface area contributed by atoms with E-state index in [1.807, 2.05) is 0 Å². The fourth-order valence-corrected chi connectivity index (χ4v) is 0.979. The largest absolute Gasteiger partial charge is 0.426 e. The van der Waals surface area contributed by atoms with Crippen molar-refractivity contribution in [2.75, 3.05) is 6.61 Å². The van der Waals surface area contributed by atoms with E-state index >= 15 is 0 Å². The average molecular weight is 280 g/mol. The van der Waals surface area contributed by atoms with Crippen LogP contribution >= 0.6 is 46.4 Å². The molecule has 0 amide bonds. The van der Waals surface area contributed by atoms with E-state index in [2.05, 4.69) is 4.74 Å². The minimum absolute atomic E-state index is 0.149. The van der Waals surface area contributed by atoms with Crippen molar-refractivity contribution in [1.29, 1.82) is 0 Å². The highest BCUT2D eigenvalue weighted by molar-refractivity contribution is 6.62. The third-order valence-electron chi connectivity index (χ3n) is 1.05. The van der Waals surface area contributed by atoms with Crippen LogP contribution in [0.4, 0.5) is 13.2 Å². The molecule has 0 aromatic rings. The van der Waals surface area contributed by atoms with Crippen molar-refractivity contribution in [3.05, 3.63) is 0 Å². The molecule has 0 atom stereocenters. The summed E-state index contributed by atoms with van der Waals surface area (Å²) in [6, 6.07) is 0. The summed E-state index contributed by atoms with van der Waals surface area (Å²) >= 11 is 20.2. The minimum atomic E-state index is -4.98. The Kier molecular flexibility index (Phi) is 4.48. The molecule has 80 valence electrons. The van der Waals surface area contributed by atoms with Gasteiger partial charge in [0.05, 0.1) is 0 Å². The first-order chi connectivity index (χ1) is 5.56. The van der Waals surface area contributed by atoms with Gasteiger partial charge in [-0.15, -0.1) is 0 Å². The van der Waals surface area contributed by atoms with Crippen LogP contribution in [0.25, 0.3) is 0 Å². The van der Waals surface area contributed by atoms with Gasteiger partial charge < -0.3 is 4.74 Å². The predicted molar refractivity (Wildman–Crippen MR) is 46.6 cm³/mol. The molecule has 0 rings (SSSR count). The first-order valence-corrected chi connectivity index (χ1v) is 4.53. The molecule has 0 aliphatic heterocycles. The van der Waals surface area contributed by atoms with Gasteiger partial charge in [-0.25, -0.2) is 0 Å². The van der Waals surface area contributed by atoms with Gasteiger partial charge in [-0.2, -0.15) is 13.2 Å². The topological polar surface area (TPSA) is 9.23 Å². The lowest BCUT2D eigenvalue weighted by Gasteiger charge is -2.33. The maximum absolute atomic E-state index is 12.1. The molecule has 0 aromatic carbocycles. The summed E-state index contributed by atoms with van der Waals surface area (Å²) in [7, 11) is 0. The Morgan fingerprint density at radius 3 is 1.69 bits per heavy atom. The SMILES string of the molecule is CCOC(Cl)(Cl)C(Cl)(Cl)C(F)(F)F. The quantitative estimate of drug-likeness (QED) is 0.712. The Labute approximate surface area is 93.0 Å². The number of ether oxygens (including phenoxy) is 1. The molecule has 1 nitrogen and oxygen atoms in total. The standard InChI is InChI=1S/C5H5Cl4F3O/c1-2-13-4(8,9)3(6,7)5(10,11)12/h2H2,1H3. The van der Waals surface area contributed by atoms with Gasteiger partial charge >= 0.3 is 6.18 Å². The zero-order valence-corrected chi connectivity index (χ0v) is 9.28. The van der Waals surface area contributed by atoms with Gasteiger partial charge in [0, 0.05) is 6.61 Å². The normalized spacial score (nSPS) is 14.8. The van der Waals surface area contributed by atoms with Crippen molar-refractivity contribution < 1.29 is 17.9 Å². The Morgan fingerprint density at radius 1 is 1.08 bits per heavy atom. The van der Waals surface area contributed by atoms with Crippen LogP contribution in [0.1, 0.15) is 6.92 Å². The van der Waals surface area contributed by atoms with Crippen LogP contribution in [-0.2, 0) is 4.74 Å². The Bertz CT molecular complexity index is 179. The van der Waals surface area contributed by atoms with Crippen LogP contribution < -0.4 is 0 Å². The molecule has 0 saturated carbocycles. The molecule has 0 spiro atoms. The van der Waals surface area contributed by atoms with Gasteiger partial charge in [0.15, 0.2) is 0 Å². The molecule has 0 aliphatic rings. The summed E-state index contributed by atoms with van der Waals surface area (Å²) in [5, 5.41) is 0. The third-order valence-corrected chi connectivity index (χ3v) is 3.18. The lowest BCUT2D eigenvalue weighted by Crippen LogP contribution is -2.50. The van der Waals surface area contributed by atoms with Crippen LogP contribution in [0.5, 0.6) is 0 Å². The van der Waals surface area contributed by atoms with Crippen molar-refractivity contribution >= 4 is 46.4 Å². The molecule has 0 bridgehead atoms. The Hall–Kier alpha value is 0.910. The fraction of sp³-hybridized carbons (Fsp3) is 1.00. The maximum atomic E-state index is 12.1. The molecular formula is C5H5Cl4F3O. The molecule has 0 aliphatic carbocycles. The van der Waals surface area contributed by atoms with E-state index in [-0.39, 0.29) is 6.61 Å². The van der Waals surface area contributed by atoms with Gasteiger partial charge in [0.2, 0.25) is 0 Å². The summed E-state index contributed by atoms with van der Waals surface area (Å²) in [6.45, 7) is 1.25. The van der Waals surface area contributed by atoms with E-state index in [0.717, 1.165) is 0 Å². The molecule has 0 unspecified atom stereocenters. The van der Waals surface area contributed by atoms with Crippen molar-refractivity contribution in [3.63, 3.8) is 0 Å². The van der Waals surface area contributed by atoms with E-state index in [1.165, 1.54) is 6.92 Å². The molecule has 13 heavy (non-hydrogen) atoms. The average Bonchev–Trinajstić information content (AvgIpc) is 1.84. The maximum Gasteiger partial charge on any atom is 0.426 e. The van der Waals surface area contributed by atoms with Crippen molar-refractivity contribution in [1.82, 2.24) is 0 Å². The van der Waals surface area contributed by atoms with Gasteiger partial charge in [0.25, 0.3) is 8.85 Å². The van der Waals surface area contributed by atoms with Crippen molar-refractivity contribution in [2.45, 2.75) is 22.0 Å². The first-order valence-electron chi connectivity index (χ1n) is 3.02. The van der Waals surface area contributed by atoms with E-state index in [0.29, 0.717) is 0 Å². The van der Waals surface area contributed by atoms with E-state index in [9.17, 15) is 13.2 Å².